The molecule has 0 aliphatic heterocycles. The van der Waals surface area contributed by atoms with Gasteiger partial charge < -0.3 is 5.32 Å². The van der Waals surface area contributed by atoms with Gasteiger partial charge in [-0.2, -0.15) is 0 Å². The van der Waals surface area contributed by atoms with Crippen LogP contribution in [-0.4, -0.2) is 21.6 Å². The molecular formula is C27H24FN3OS. The van der Waals surface area contributed by atoms with Crippen LogP contribution in [-0.2, 0) is 13.0 Å². The van der Waals surface area contributed by atoms with Crippen LogP contribution in [0.4, 0.5) is 4.39 Å². The maximum atomic E-state index is 13.0. The summed E-state index contributed by atoms with van der Waals surface area (Å²) in [5, 5.41) is 3.73. The van der Waals surface area contributed by atoms with E-state index in [0.29, 0.717) is 12.1 Å². The van der Waals surface area contributed by atoms with Gasteiger partial charge >= 0.3 is 0 Å². The Morgan fingerprint density at radius 2 is 1.73 bits per heavy atom. The Balaban J connectivity index is 1.33. The topological polar surface area (TPSA) is 54.9 Å². The Kier molecular flexibility index (Phi) is 7.82. The van der Waals surface area contributed by atoms with E-state index < -0.39 is 0 Å². The van der Waals surface area contributed by atoms with Crippen LogP contribution in [0.1, 0.15) is 27.9 Å². The van der Waals surface area contributed by atoms with Crippen molar-refractivity contribution in [1.82, 2.24) is 15.3 Å². The number of aryl methyl sites for hydroxylation is 1. The molecule has 2 aromatic heterocycles. The third kappa shape index (κ3) is 6.49. The van der Waals surface area contributed by atoms with Crippen molar-refractivity contribution in [2.24, 2.45) is 0 Å². The van der Waals surface area contributed by atoms with Crippen LogP contribution in [0.3, 0.4) is 0 Å². The number of nitrogens with one attached hydrogen (secondary N) is 1. The summed E-state index contributed by atoms with van der Waals surface area (Å²) >= 11 is 1.56. The molecule has 1 amide bonds. The van der Waals surface area contributed by atoms with Gasteiger partial charge in [-0.3, -0.25) is 9.78 Å². The second-order valence-electron chi connectivity index (χ2n) is 7.53. The van der Waals surface area contributed by atoms with E-state index in [4.69, 9.17) is 0 Å². The molecule has 2 heterocycles. The summed E-state index contributed by atoms with van der Waals surface area (Å²) in [6.45, 7) is 0.420. The van der Waals surface area contributed by atoms with Crippen LogP contribution >= 0.6 is 11.8 Å². The third-order valence-corrected chi connectivity index (χ3v) is 6.21. The number of pyridine rings is 2. The molecule has 4 nitrogen and oxygen atoms in total. The molecule has 33 heavy (non-hydrogen) atoms. The van der Waals surface area contributed by atoms with E-state index in [1.165, 1.54) is 12.1 Å². The molecule has 0 bridgehead atoms. The number of hydrogen-bond acceptors (Lipinski definition) is 4. The zero-order chi connectivity index (χ0) is 22.9. The maximum absolute atomic E-state index is 13.0. The summed E-state index contributed by atoms with van der Waals surface area (Å²) in [6.07, 6.45) is 5.24. The van der Waals surface area contributed by atoms with Crippen LogP contribution in [0.15, 0.2) is 96.3 Å². The summed E-state index contributed by atoms with van der Waals surface area (Å²) < 4.78 is 13.0. The van der Waals surface area contributed by atoms with Gasteiger partial charge in [-0.15, -0.1) is 11.8 Å². The quantitative estimate of drug-likeness (QED) is 0.250. The van der Waals surface area contributed by atoms with Crippen LogP contribution in [0, 0.1) is 5.82 Å². The van der Waals surface area contributed by atoms with Gasteiger partial charge in [-0.1, -0.05) is 36.4 Å². The van der Waals surface area contributed by atoms with Crippen LogP contribution in [0.5, 0.6) is 0 Å². The molecule has 0 atom stereocenters. The summed E-state index contributed by atoms with van der Waals surface area (Å²) in [5.74, 6) is 0.453. The summed E-state index contributed by atoms with van der Waals surface area (Å²) in [5.41, 5.74) is 4.59. The highest BCUT2D eigenvalue weighted by molar-refractivity contribution is 7.99. The number of hydrogen-bond donors (Lipinski definition) is 1. The zero-order valence-electron chi connectivity index (χ0n) is 18.1. The normalized spacial score (nSPS) is 10.7. The molecule has 166 valence electrons. The van der Waals surface area contributed by atoms with Crippen molar-refractivity contribution in [2.75, 3.05) is 5.75 Å². The van der Waals surface area contributed by atoms with Crippen LogP contribution in [0.25, 0.3) is 11.3 Å². The molecule has 0 radical (unpaired) electrons. The lowest BCUT2D eigenvalue weighted by Crippen LogP contribution is -2.23. The summed E-state index contributed by atoms with van der Waals surface area (Å²) in [7, 11) is 0. The van der Waals surface area contributed by atoms with E-state index in [9.17, 15) is 9.18 Å². The number of rotatable bonds is 9. The minimum absolute atomic E-state index is 0.146. The van der Waals surface area contributed by atoms with E-state index in [-0.39, 0.29) is 11.7 Å². The Bertz CT molecular complexity index is 1200. The maximum Gasteiger partial charge on any atom is 0.254 e. The molecule has 1 N–H and O–H groups in total. The molecule has 0 aliphatic carbocycles. The van der Waals surface area contributed by atoms with Gasteiger partial charge in [0.15, 0.2) is 0 Å². The number of halogens is 1. The fraction of sp³-hybridized carbons (Fsp3) is 0.148. The van der Waals surface area contributed by atoms with Crippen molar-refractivity contribution in [3.8, 4) is 11.3 Å². The Hall–Kier alpha value is -3.51. The first kappa shape index (κ1) is 22.7. The highest BCUT2D eigenvalue weighted by Gasteiger charge is 2.13. The molecule has 0 saturated carbocycles. The number of thioether (sulfide) groups is 1. The zero-order valence-corrected chi connectivity index (χ0v) is 18.9. The highest BCUT2D eigenvalue weighted by atomic mass is 32.2. The van der Waals surface area contributed by atoms with Crippen molar-refractivity contribution in [3.63, 3.8) is 0 Å². The molecule has 2 aromatic carbocycles. The molecule has 0 saturated heterocycles. The van der Waals surface area contributed by atoms with Crippen LogP contribution < -0.4 is 5.32 Å². The number of carbonyl (C=O) groups excluding carboxylic acids is 1. The fourth-order valence-corrected chi connectivity index (χ4v) is 4.36. The Labute approximate surface area is 197 Å². The SMILES string of the molecule is O=C(NCc1cccc(-c2ccccn2)c1)c1cccnc1SCCCc1ccc(F)cc1. The second-order valence-corrected chi connectivity index (χ2v) is 8.62. The third-order valence-electron chi connectivity index (χ3n) is 5.12. The molecule has 6 heteroatoms. The minimum Gasteiger partial charge on any atom is -0.348 e. The highest BCUT2D eigenvalue weighted by Crippen LogP contribution is 2.22. The number of carbonyl (C=O) groups is 1. The lowest BCUT2D eigenvalue weighted by molar-refractivity contribution is 0.0947. The monoisotopic (exact) mass is 457 g/mol. The first-order valence-corrected chi connectivity index (χ1v) is 11.8. The van der Waals surface area contributed by atoms with E-state index in [1.54, 1.807) is 36.3 Å². The van der Waals surface area contributed by atoms with Crippen molar-refractivity contribution in [1.29, 1.82) is 0 Å². The molecule has 0 unspecified atom stereocenters. The van der Waals surface area contributed by atoms with Gasteiger partial charge in [0, 0.05) is 24.5 Å². The van der Waals surface area contributed by atoms with E-state index >= 15 is 0 Å². The van der Waals surface area contributed by atoms with Gasteiger partial charge in [0.1, 0.15) is 10.8 Å². The van der Waals surface area contributed by atoms with E-state index in [0.717, 1.165) is 46.0 Å². The molecule has 0 spiro atoms. The predicted molar refractivity (Wildman–Crippen MR) is 131 cm³/mol. The first-order valence-electron chi connectivity index (χ1n) is 10.8. The smallest absolute Gasteiger partial charge is 0.254 e. The second kappa shape index (κ2) is 11.4. The average molecular weight is 458 g/mol. The van der Waals surface area contributed by atoms with Crippen molar-refractivity contribution in [2.45, 2.75) is 24.4 Å². The van der Waals surface area contributed by atoms with E-state index in [2.05, 4.69) is 15.3 Å². The van der Waals surface area contributed by atoms with Gasteiger partial charge in [0.05, 0.1) is 11.3 Å². The summed E-state index contributed by atoms with van der Waals surface area (Å²) in [4.78, 5) is 21.7. The van der Waals surface area contributed by atoms with Gasteiger partial charge in [0.25, 0.3) is 5.91 Å². The predicted octanol–water partition coefficient (Wildman–Crippen LogP) is 5.94. The standard InChI is InChI=1S/C27H24FN3OS/c28-23-13-11-20(12-14-23)7-5-17-33-27-24(9-4-16-30-27)26(32)31-19-21-6-3-8-22(18-21)25-10-1-2-15-29-25/h1-4,6,8-16,18H,5,7,17,19H2,(H,31,32). The first-order chi connectivity index (χ1) is 16.2. The van der Waals surface area contributed by atoms with E-state index in [1.807, 2.05) is 54.6 Å². The van der Waals surface area contributed by atoms with Gasteiger partial charge in [0.2, 0.25) is 0 Å². The average Bonchev–Trinajstić information content (AvgIpc) is 2.87. The molecule has 0 aliphatic rings. The van der Waals surface area contributed by atoms with Crippen molar-refractivity contribution >= 4 is 17.7 Å². The number of nitrogens with zero attached hydrogens (tertiary/aromatic N) is 2. The number of aromatic nitrogens is 2. The Morgan fingerprint density at radius 3 is 2.55 bits per heavy atom. The van der Waals surface area contributed by atoms with Crippen molar-refractivity contribution < 1.29 is 9.18 Å². The number of benzene rings is 2. The molecule has 0 fully saturated rings. The molecule has 4 rings (SSSR count). The largest absolute Gasteiger partial charge is 0.348 e. The summed E-state index contributed by atoms with van der Waals surface area (Å²) in [6, 6.07) is 24.0. The Morgan fingerprint density at radius 1 is 0.879 bits per heavy atom. The minimum atomic E-state index is -0.222. The van der Waals surface area contributed by atoms with Crippen LogP contribution in [0.2, 0.25) is 0 Å². The fourth-order valence-electron chi connectivity index (χ4n) is 3.43. The molecule has 4 aromatic rings. The lowest BCUT2D eigenvalue weighted by atomic mass is 10.1. The lowest BCUT2D eigenvalue weighted by Gasteiger charge is -2.10. The van der Waals surface area contributed by atoms with Crippen molar-refractivity contribution in [3.05, 3.63) is 114 Å². The number of amides is 1. The molecular weight excluding hydrogens is 433 g/mol. The van der Waals surface area contributed by atoms with Gasteiger partial charge in [-0.25, -0.2) is 9.37 Å². The van der Waals surface area contributed by atoms with Gasteiger partial charge in [-0.05, 0) is 72.2 Å².